The van der Waals surface area contributed by atoms with Gasteiger partial charge in [-0.3, -0.25) is 14.4 Å². The molecule has 0 aromatic heterocycles. The molecule has 0 spiro atoms. The number of hydrogen-bond donors (Lipinski definition) is 1. The molecule has 3 aliphatic rings. The quantitative estimate of drug-likeness (QED) is 0.808. The molecule has 8 heteroatoms. The normalized spacial score (nSPS) is 31.8. The first-order valence-corrected chi connectivity index (χ1v) is 8.81. The van der Waals surface area contributed by atoms with Crippen LogP contribution in [-0.2, 0) is 23.9 Å². The summed E-state index contributed by atoms with van der Waals surface area (Å²) in [6, 6.07) is 4.67. The summed E-state index contributed by atoms with van der Waals surface area (Å²) >= 11 is 11.8. The van der Waals surface area contributed by atoms with Crippen LogP contribution < -0.4 is 5.32 Å². The standard InChI is InChI=1S/C17H15Cl2NO5/c18-8-1-2-10(19)11(5-8)20-13(21)6-24-16(22)14-7-3-9-12(4-7)25-17(23)15(9)14/h1-2,5,7,9,12,14-15H,3-4,6H2,(H,20,21)/t7-,9-,12-,14-,15+/m1/s1. The van der Waals surface area contributed by atoms with E-state index in [4.69, 9.17) is 32.7 Å². The van der Waals surface area contributed by atoms with Gasteiger partial charge in [0.05, 0.1) is 22.5 Å². The molecule has 4 rings (SSSR count). The van der Waals surface area contributed by atoms with Crippen molar-refractivity contribution < 1.29 is 23.9 Å². The lowest BCUT2D eigenvalue weighted by Gasteiger charge is -2.22. The average molecular weight is 384 g/mol. The molecular weight excluding hydrogens is 369 g/mol. The largest absolute Gasteiger partial charge is 0.462 e. The first-order valence-electron chi connectivity index (χ1n) is 8.06. The molecule has 132 valence electrons. The highest BCUT2D eigenvalue weighted by Gasteiger charge is 2.64. The number of fused-ring (bicyclic) bond motifs is 1. The summed E-state index contributed by atoms with van der Waals surface area (Å²) in [7, 11) is 0. The highest BCUT2D eigenvalue weighted by molar-refractivity contribution is 6.35. The minimum absolute atomic E-state index is 0.0418. The van der Waals surface area contributed by atoms with Gasteiger partial charge >= 0.3 is 11.9 Å². The number of rotatable bonds is 4. The number of nitrogens with one attached hydrogen (secondary N) is 1. The molecule has 6 nitrogen and oxygen atoms in total. The van der Waals surface area contributed by atoms with Crippen LogP contribution in [0.4, 0.5) is 5.69 Å². The summed E-state index contributed by atoms with van der Waals surface area (Å²) in [5.41, 5.74) is 0.345. The highest BCUT2D eigenvalue weighted by atomic mass is 35.5. The molecule has 1 aliphatic heterocycles. The monoisotopic (exact) mass is 383 g/mol. The third-order valence-electron chi connectivity index (χ3n) is 5.30. The van der Waals surface area contributed by atoms with Gasteiger partial charge in [-0.05, 0) is 37.0 Å². The maximum Gasteiger partial charge on any atom is 0.310 e. The zero-order valence-corrected chi connectivity index (χ0v) is 14.5. The topological polar surface area (TPSA) is 81.7 Å². The Morgan fingerprint density at radius 3 is 2.88 bits per heavy atom. The third-order valence-corrected chi connectivity index (χ3v) is 5.87. The molecule has 1 N–H and O–H groups in total. The van der Waals surface area contributed by atoms with Gasteiger partial charge in [0.1, 0.15) is 6.10 Å². The fourth-order valence-electron chi connectivity index (χ4n) is 4.34. The molecule has 1 saturated heterocycles. The lowest BCUT2D eigenvalue weighted by atomic mass is 9.80. The van der Waals surface area contributed by atoms with E-state index >= 15 is 0 Å². The fraction of sp³-hybridized carbons (Fsp3) is 0.471. The summed E-state index contributed by atoms with van der Waals surface area (Å²) in [6.07, 6.45) is 1.47. The zero-order chi connectivity index (χ0) is 17.7. The summed E-state index contributed by atoms with van der Waals surface area (Å²) in [5, 5.41) is 3.30. The van der Waals surface area contributed by atoms with Gasteiger partial charge < -0.3 is 14.8 Å². The van der Waals surface area contributed by atoms with E-state index in [9.17, 15) is 14.4 Å². The Morgan fingerprint density at radius 1 is 1.28 bits per heavy atom. The van der Waals surface area contributed by atoms with Gasteiger partial charge in [0.15, 0.2) is 6.61 Å². The lowest BCUT2D eigenvalue weighted by molar-refractivity contribution is -0.157. The van der Waals surface area contributed by atoms with Crippen LogP contribution in [0.25, 0.3) is 0 Å². The summed E-state index contributed by atoms with van der Waals surface area (Å²) in [5.74, 6) is -2.04. The first kappa shape index (κ1) is 16.7. The van der Waals surface area contributed by atoms with Crippen LogP contribution in [-0.4, -0.2) is 30.6 Å². The maximum absolute atomic E-state index is 12.4. The second-order valence-electron chi connectivity index (χ2n) is 6.70. The lowest BCUT2D eigenvalue weighted by Crippen LogP contribution is -2.35. The Kier molecular flexibility index (Phi) is 4.12. The number of halogens is 2. The summed E-state index contributed by atoms with van der Waals surface area (Å²) in [6.45, 7) is -0.444. The van der Waals surface area contributed by atoms with E-state index in [-0.39, 0.29) is 23.9 Å². The van der Waals surface area contributed by atoms with E-state index in [1.807, 2.05) is 0 Å². The van der Waals surface area contributed by atoms with Crippen molar-refractivity contribution in [2.45, 2.75) is 18.9 Å². The SMILES string of the molecule is O=C(COC(=O)[C@@H]1[C@@H]2C[C@H]3[C@@H]1C(=O)O[C@@H]3C2)Nc1cc(Cl)ccc1Cl. The second-order valence-corrected chi connectivity index (χ2v) is 7.55. The van der Waals surface area contributed by atoms with E-state index in [1.165, 1.54) is 6.07 Å². The van der Waals surface area contributed by atoms with Gasteiger partial charge in [0.2, 0.25) is 0 Å². The number of carbonyl (C=O) groups is 3. The van der Waals surface area contributed by atoms with Crippen molar-refractivity contribution in [1.29, 1.82) is 0 Å². The third kappa shape index (κ3) is 2.87. The van der Waals surface area contributed by atoms with Crippen LogP contribution in [0, 0.1) is 23.7 Å². The van der Waals surface area contributed by atoms with Crippen LogP contribution in [0.2, 0.25) is 10.0 Å². The molecule has 5 atom stereocenters. The molecule has 3 fully saturated rings. The van der Waals surface area contributed by atoms with Crippen LogP contribution >= 0.6 is 23.2 Å². The fourth-order valence-corrected chi connectivity index (χ4v) is 4.67. The Hall–Kier alpha value is -1.79. The van der Waals surface area contributed by atoms with Crippen molar-refractivity contribution in [3.8, 4) is 0 Å². The van der Waals surface area contributed by atoms with E-state index in [2.05, 4.69) is 5.32 Å². The molecule has 0 unspecified atom stereocenters. The van der Waals surface area contributed by atoms with Gasteiger partial charge in [-0.2, -0.15) is 0 Å². The second kappa shape index (κ2) is 6.18. The van der Waals surface area contributed by atoms with Gasteiger partial charge in [-0.15, -0.1) is 0 Å². The van der Waals surface area contributed by atoms with Gasteiger partial charge in [-0.1, -0.05) is 23.2 Å². The van der Waals surface area contributed by atoms with Crippen molar-refractivity contribution in [2.24, 2.45) is 23.7 Å². The number of hydrogen-bond acceptors (Lipinski definition) is 5. The van der Waals surface area contributed by atoms with Crippen molar-refractivity contribution >= 4 is 46.7 Å². The Bertz CT molecular complexity index is 765. The summed E-state index contributed by atoms with van der Waals surface area (Å²) in [4.78, 5) is 36.3. The molecular formula is C17H15Cl2NO5. The minimum Gasteiger partial charge on any atom is -0.462 e. The van der Waals surface area contributed by atoms with Crippen molar-refractivity contribution in [1.82, 2.24) is 0 Å². The van der Waals surface area contributed by atoms with Crippen molar-refractivity contribution in [3.63, 3.8) is 0 Å². The maximum atomic E-state index is 12.4. The number of carbonyl (C=O) groups excluding carboxylic acids is 3. The number of amides is 1. The number of anilines is 1. The molecule has 1 heterocycles. The molecule has 1 aromatic carbocycles. The first-order chi connectivity index (χ1) is 11.9. The van der Waals surface area contributed by atoms with Crippen molar-refractivity contribution in [2.75, 3.05) is 11.9 Å². The minimum atomic E-state index is -0.521. The van der Waals surface area contributed by atoms with Crippen LogP contribution in [0.3, 0.4) is 0 Å². The zero-order valence-electron chi connectivity index (χ0n) is 13.0. The van der Waals surface area contributed by atoms with Gasteiger partial charge in [0.25, 0.3) is 5.91 Å². The highest BCUT2D eigenvalue weighted by Crippen LogP contribution is 2.57. The summed E-state index contributed by atoms with van der Waals surface area (Å²) < 4.78 is 10.4. The Balaban J connectivity index is 1.35. The van der Waals surface area contributed by atoms with Crippen LogP contribution in [0.5, 0.6) is 0 Å². The number of benzene rings is 1. The number of ether oxygens (including phenoxy) is 2. The Morgan fingerprint density at radius 2 is 2.08 bits per heavy atom. The van der Waals surface area contributed by atoms with E-state index in [1.54, 1.807) is 12.1 Å². The molecule has 2 saturated carbocycles. The van der Waals surface area contributed by atoms with E-state index < -0.39 is 30.3 Å². The molecule has 25 heavy (non-hydrogen) atoms. The molecule has 0 radical (unpaired) electrons. The van der Waals surface area contributed by atoms with Crippen molar-refractivity contribution in [3.05, 3.63) is 28.2 Å². The molecule has 2 aliphatic carbocycles. The smallest absolute Gasteiger partial charge is 0.310 e. The van der Waals surface area contributed by atoms with E-state index in [0.717, 1.165) is 6.42 Å². The number of esters is 2. The Labute approximate surface area is 153 Å². The predicted molar refractivity (Wildman–Crippen MR) is 89.1 cm³/mol. The molecule has 2 bridgehead atoms. The van der Waals surface area contributed by atoms with Crippen LogP contribution in [0.1, 0.15) is 12.8 Å². The average Bonchev–Trinajstić information content (AvgIpc) is 3.18. The molecule has 1 amide bonds. The predicted octanol–water partition coefficient (Wildman–Crippen LogP) is 2.67. The van der Waals surface area contributed by atoms with Gasteiger partial charge in [0, 0.05) is 10.9 Å². The van der Waals surface area contributed by atoms with Gasteiger partial charge in [-0.25, -0.2) is 0 Å². The van der Waals surface area contributed by atoms with E-state index in [0.29, 0.717) is 22.2 Å². The van der Waals surface area contributed by atoms with Crippen LogP contribution in [0.15, 0.2) is 18.2 Å². The molecule has 1 aromatic rings.